The molecule has 0 N–H and O–H groups in total. The highest BCUT2D eigenvalue weighted by molar-refractivity contribution is 7.09. The third kappa shape index (κ3) is 3.72. The summed E-state index contributed by atoms with van der Waals surface area (Å²) in [6, 6.07) is 8.90. The number of rotatable bonds is 5. The molecule has 0 radical (unpaired) electrons. The Morgan fingerprint density at radius 2 is 2.12 bits per heavy atom. The van der Waals surface area contributed by atoms with Gasteiger partial charge in [-0.3, -0.25) is 4.90 Å². The smallest absolute Gasteiger partial charge is 0.140 e. The molecule has 0 unspecified atom stereocenters. The Hall–Kier alpha value is -2.02. The summed E-state index contributed by atoms with van der Waals surface area (Å²) in [5.41, 5.74) is 3.55. The summed E-state index contributed by atoms with van der Waals surface area (Å²) >= 11 is 1.71. The number of aryl methyl sites for hydroxylation is 1. The van der Waals surface area contributed by atoms with E-state index in [2.05, 4.69) is 56.0 Å². The predicted octanol–water partition coefficient (Wildman–Crippen LogP) is 3.76. The van der Waals surface area contributed by atoms with Crippen LogP contribution in [-0.4, -0.2) is 45.7 Å². The maximum Gasteiger partial charge on any atom is 0.140 e. The van der Waals surface area contributed by atoms with E-state index in [1.807, 2.05) is 19.3 Å². The number of aromatic nitrogens is 3. The molecule has 3 aromatic rings. The number of benzene rings is 1. The SMILES string of the molecule is Cc1csc([C@H](C)n2ccnc2-c2cccc(CN3CCOCC3)c2)n1. The lowest BCUT2D eigenvalue weighted by Gasteiger charge is -2.26. The molecule has 0 saturated carbocycles. The first kappa shape index (κ1) is 17.4. The lowest BCUT2D eigenvalue weighted by atomic mass is 10.1. The molecule has 1 atom stereocenters. The van der Waals surface area contributed by atoms with Crippen LogP contribution in [0.25, 0.3) is 11.4 Å². The second-order valence-corrected chi connectivity index (χ2v) is 7.64. The van der Waals surface area contributed by atoms with Gasteiger partial charge >= 0.3 is 0 Å². The van der Waals surface area contributed by atoms with Crippen LogP contribution in [0.3, 0.4) is 0 Å². The van der Waals surface area contributed by atoms with Gasteiger partial charge < -0.3 is 9.30 Å². The zero-order valence-electron chi connectivity index (χ0n) is 15.3. The average Bonchev–Trinajstić information content (AvgIpc) is 3.31. The maximum atomic E-state index is 5.45. The molecule has 1 fully saturated rings. The number of morpholine rings is 1. The van der Waals surface area contributed by atoms with Crippen LogP contribution < -0.4 is 0 Å². The van der Waals surface area contributed by atoms with Crippen LogP contribution in [0.15, 0.2) is 42.0 Å². The highest BCUT2D eigenvalue weighted by Crippen LogP contribution is 2.28. The zero-order valence-corrected chi connectivity index (χ0v) is 16.1. The van der Waals surface area contributed by atoms with E-state index in [1.165, 1.54) is 5.56 Å². The van der Waals surface area contributed by atoms with Crippen LogP contribution in [0, 0.1) is 6.92 Å². The van der Waals surface area contributed by atoms with Gasteiger partial charge in [0, 0.05) is 48.7 Å². The van der Waals surface area contributed by atoms with Crippen molar-refractivity contribution in [3.05, 3.63) is 58.3 Å². The van der Waals surface area contributed by atoms with Gasteiger partial charge in [0.25, 0.3) is 0 Å². The Balaban J connectivity index is 1.58. The minimum atomic E-state index is 0.175. The maximum absolute atomic E-state index is 5.45. The van der Waals surface area contributed by atoms with E-state index in [-0.39, 0.29) is 6.04 Å². The Bertz CT molecular complexity index is 866. The third-order valence-corrected chi connectivity index (χ3v) is 5.91. The van der Waals surface area contributed by atoms with Crippen molar-refractivity contribution in [1.29, 1.82) is 0 Å². The van der Waals surface area contributed by atoms with E-state index < -0.39 is 0 Å². The lowest BCUT2D eigenvalue weighted by molar-refractivity contribution is 0.0342. The van der Waals surface area contributed by atoms with Crippen molar-refractivity contribution in [2.45, 2.75) is 26.4 Å². The lowest BCUT2D eigenvalue weighted by Crippen LogP contribution is -2.35. The van der Waals surface area contributed by atoms with Crippen LogP contribution in [0.5, 0.6) is 0 Å². The van der Waals surface area contributed by atoms with Crippen molar-refractivity contribution in [2.24, 2.45) is 0 Å². The van der Waals surface area contributed by atoms with Crippen LogP contribution in [0.4, 0.5) is 0 Å². The van der Waals surface area contributed by atoms with Gasteiger partial charge in [0.2, 0.25) is 0 Å². The number of imidazole rings is 1. The van der Waals surface area contributed by atoms with Crippen molar-refractivity contribution in [3.63, 3.8) is 0 Å². The Kier molecular flexibility index (Phi) is 5.15. The summed E-state index contributed by atoms with van der Waals surface area (Å²) in [6.45, 7) is 8.83. The largest absolute Gasteiger partial charge is 0.379 e. The molecule has 136 valence electrons. The summed E-state index contributed by atoms with van der Waals surface area (Å²) < 4.78 is 7.66. The molecule has 6 heteroatoms. The van der Waals surface area contributed by atoms with Gasteiger partial charge in [0.1, 0.15) is 10.8 Å². The first-order chi connectivity index (χ1) is 12.7. The van der Waals surface area contributed by atoms with Crippen LogP contribution in [-0.2, 0) is 11.3 Å². The molecule has 0 aliphatic carbocycles. The third-order valence-electron chi connectivity index (χ3n) is 4.78. The highest BCUT2D eigenvalue weighted by Gasteiger charge is 2.17. The minimum Gasteiger partial charge on any atom is -0.379 e. The molecule has 1 aliphatic rings. The predicted molar refractivity (Wildman–Crippen MR) is 104 cm³/mol. The summed E-state index contributed by atoms with van der Waals surface area (Å²) in [6.07, 6.45) is 3.92. The molecule has 1 aliphatic heterocycles. The van der Waals surface area contributed by atoms with Gasteiger partial charge in [-0.05, 0) is 25.5 Å². The first-order valence-corrected chi connectivity index (χ1v) is 9.93. The number of nitrogens with zero attached hydrogens (tertiary/aromatic N) is 4. The second-order valence-electron chi connectivity index (χ2n) is 6.75. The Morgan fingerprint density at radius 1 is 1.27 bits per heavy atom. The van der Waals surface area contributed by atoms with Gasteiger partial charge in [0.15, 0.2) is 0 Å². The number of thiazole rings is 1. The van der Waals surface area contributed by atoms with E-state index in [0.29, 0.717) is 0 Å². The molecule has 5 nitrogen and oxygen atoms in total. The molecule has 0 amide bonds. The number of hydrogen-bond donors (Lipinski definition) is 0. The molecular formula is C20H24N4OS. The molecule has 0 spiro atoms. The normalized spacial score (nSPS) is 16.7. The standard InChI is InChI=1S/C20H24N4OS/c1-15-14-26-20(22-15)16(2)24-7-6-21-19(24)18-5-3-4-17(12-18)13-23-8-10-25-11-9-23/h3-7,12,14,16H,8-11,13H2,1-2H3/t16-/m0/s1. The molecule has 2 aromatic heterocycles. The average molecular weight is 369 g/mol. The fourth-order valence-electron chi connectivity index (χ4n) is 3.36. The van der Waals surface area contributed by atoms with Crippen molar-refractivity contribution in [2.75, 3.05) is 26.3 Å². The van der Waals surface area contributed by atoms with E-state index in [4.69, 9.17) is 4.74 Å². The summed E-state index contributed by atoms with van der Waals surface area (Å²) in [7, 11) is 0. The van der Waals surface area contributed by atoms with E-state index >= 15 is 0 Å². The van der Waals surface area contributed by atoms with Gasteiger partial charge in [-0.1, -0.05) is 18.2 Å². The second kappa shape index (κ2) is 7.70. The summed E-state index contributed by atoms with van der Waals surface area (Å²) in [5, 5.41) is 3.22. The topological polar surface area (TPSA) is 43.2 Å². The molecule has 3 heterocycles. The molecular weight excluding hydrogens is 344 g/mol. The van der Waals surface area contributed by atoms with Crippen LogP contribution >= 0.6 is 11.3 Å². The summed E-state index contributed by atoms with van der Waals surface area (Å²) in [4.78, 5) is 11.7. The van der Waals surface area contributed by atoms with Crippen molar-refractivity contribution < 1.29 is 4.74 Å². The molecule has 26 heavy (non-hydrogen) atoms. The monoisotopic (exact) mass is 368 g/mol. The minimum absolute atomic E-state index is 0.175. The number of ether oxygens (including phenoxy) is 1. The van der Waals surface area contributed by atoms with Gasteiger partial charge in [-0.25, -0.2) is 9.97 Å². The Labute approximate surface area is 158 Å². The van der Waals surface area contributed by atoms with E-state index in [1.54, 1.807) is 11.3 Å². The van der Waals surface area contributed by atoms with E-state index in [0.717, 1.165) is 54.9 Å². The summed E-state index contributed by atoms with van der Waals surface area (Å²) in [5.74, 6) is 0.995. The van der Waals surface area contributed by atoms with Crippen molar-refractivity contribution in [1.82, 2.24) is 19.4 Å². The fraction of sp³-hybridized carbons (Fsp3) is 0.400. The van der Waals surface area contributed by atoms with Gasteiger partial charge in [0.05, 0.1) is 19.3 Å². The highest BCUT2D eigenvalue weighted by atomic mass is 32.1. The zero-order chi connectivity index (χ0) is 17.9. The van der Waals surface area contributed by atoms with Crippen LogP contribution in [0.2, 0.25) is 0 Å². The quantitative estimate of drug-likeness (QED) is 0.688. The van der Waals surface area contributed by atoms with Crippen LogP contribution in [0.1, 0.15) is 29.2 Å². The van der Waals surface area contributed by atoms with E-state index in [9.17, 15) is 0 Å². The molecule has 1 saturated heterocycles. The first-order valence-electron chi connectivity index (χ1n) is 9.05. The molecule has 0 bridgehead atoms. The fourth-order valence-corrected chi connectivity index (χ4v) is 4.21. The van der Waals surface area contributed by atoms with Crippen molar-refractivity contribution in [3.8, 4) is 11.4 Å². The number of hydrogen-bond acceptors (Lipinski definition) is 5. The van der Waals surface area contributed by atoms with Gasteiger partial charge in [-0.15, -0.1) is 11.3 Å². The Morgan fingerprint density at radius 3 is 2.88 bits per heavy atom. The molecule has 1 aromatic carbocycles. The van der Waals surface area contributed by atoms with Gasteiger partial charge in [-0.2, -0.15) is 0 Å². The molecule has 4 rings (SSSR count). The van der Waals surface area contributed by atoms with Crippen molar-refractivity contribution >= 4 is 11.3 Å².